The number of halogens is 3. The standard InChI is InChI=1S/C9H8BrF2N3O/c10-3-6-2-1-5(4-15-6)8(13)16-9(14)7(11)12/h1-2,4,7,13-14H,3H2. The molecule has 1 heterocycles. The fraction of sp³-hybridized carbons (Fsp3) is 0.222. The van der Waals surface area contributed by atoms with Crippen molar-refractivity contribution in [2.45, 2.75) is 11.8 Å². The van der Waals surface area contributed by atoms with Crippen LogP contribution >= 0.6 is 15.9 Å². The van der Waals surface area contributed by atoms with Crippen LogP contribution in [0, 0.1) is 10.8 Å². The van der Waals surface area contributed by atoms with Crippen LogP contribution in [0.25, 0.3) is 0 Å². The van der Waals surface area contributed by atoms with Gasteiger partial charge in [0.05, 0.1) is 11.3 Å². The van der Waals surface area contributed by atoms with E-state index >= 15 is 0 Å². The van der Waals surface area contributed by atoms with Crippen molar-refractivity contribution in [3.63, 3.8) is 0 Å². The molecule has 0 unspecified atom stereocenters. The third-order valence-electron chi connectivity index (χ3n) is 1.63. The normalized spacial score (nSPS) is 10.2. The lowest BCUT2D eigenvalue weighted by Crippen LogP contribution is -2.18. The van der Waals surface area contributed by atoms with Crippen LogP contribution in [0.5, 0.6) is 0 Å². The first-order valence-electron chi connectivity index (χ1n) is 4.19. The molecule has 0 bridgehead atoms. The fourth-order valence-corrected chi connectivity index (χ4v) is 1.18. The van der Waals surface area contributed by atoms with Crippen LogP contribution in [0.3, 0.4) is 0 Å². The van der Waals surface area contributed by atoms with Crippen molar-refractivity contribution in [3.05, 3.63) is 29.6 Å². The SMILES string of the molecule is N=C(OC(=N)C(F)F)c1ccc(CBr)nc1. The smallest absolute Gasteiger partial charge is 0.312 e. The summed E-state index contributed by atoms with van der Waals surface area (Å²) in [5.74, 6) is -1.76. The average molecular weight is 292 g/mol. The van der Waals surface area contributed by atoms with E-state index in [-0.39, 0.29) is 5.56 Å². The van der Waals surface area contributed by atoms with Crippen molar-refractivity contribution in [2.75, 3.05) is 0 Å². The lowest BCUT2D eigenvalue weighted by Gasteiger charge is -2.06. The number of rotatable bonds is 3. The van der Waals surface area contributed by atoms with Gasteiger partial charge in [-0.05, 0) is 12.1 Å². The highest BCUT2D eigenvalue weighted by atomic mass is 79.9. The number of hydrogen-bond acceptors (Lipinski definition) is 4. The van der Waals surface area contributed by atoms with Crippen LogP contribution in [0.2, 0.25) is 0 Å². The Bertz CT molecular complexity index is 394. The lowest BCUT2D eigenvalue weighted by atomic mass is 10.2. The Labute approximate surface area is 98.8 Å². The van der Waals surface area contributed by atoms with Gasteiger partial charge in [-0.3, -0.25) is 15.8 Å². The molecular formula is C9H8BrF2N3O. The van der Waals surface area contributed by atoms with E-state index in [1.54, 1.807) is 6.07 Å². The van der Waals surface area contributed by atoms with E-state index in [2.05, 4.69) is 25.7 Å². The van der Waals surface area contributed by atoms with Crippen LogP contribution in [0.1, 0.15) is 11.3 Å². The highest BCUT2D eigenvalue weighted by Crippen LogP contribution is 2.07. The molecule has 4 nitrogen and oxygen atoms in total. The van der Waals surface area contributed by atoms with Gasteiger partial charge in [0.2, 0.25) is 5.90 Å². The second-order valence-corrected chi connectivity index (χ2v) is 3.33. The monoisotopic (exact) mass is 291 g/mol. The van der Waals surface area contributed by atoms with Crippen LogP contribution in [-0.2, 0) is 10.1 Å². The molecule has 1 rings (SSSR count). The first kappa shape index (κ1) is 12.7. The number of nitrogens with zero attached hydrogens (tertiary/aromatic N) is 1. The Balaban J connectivity index is 2.70. The van der Waals surface area contributed by atoms with Gasteiger partial charge < -0.3 is 4.74 Å². The first-order chi connectivity index (χ1) is 7.54. The van der Waals surface area contributed by atoms with Crippen molar-refractivity contribution < 1.29 is 13.5 Å². The maximum absolute atomic E-state index is 12.0. The van der Waals surface area contributed by atoms with Crippen molar-refractivity contribution >= 4 is 27.7 Å². The molecule has 0 aliphatic rings. The number of ether oxygens (including phenoxy) is 1. The summed E-state index contributed by atoms with van der Waals surface area (Å²) in [6.07, 6.45) is -1.69. The van der Waals surface area contributed by atoms with Gasteiger partial charge in [0, 0.05) is 11.5 Å². The van der Waals surface area contributed by atoms with Gasteiger partial charge in [-0.1, -0.05) is 15.9 Å². The van der Waals surface area contributed by atoms with E-state index in [9.17, 15) is 8.78 Å². The van der Waals surface area contributed by atoms with Crippen LogP contribution in [0.15, 0.2) is 18.3 Å². The van der Waals surface area contributed by atoms with Gasteiger partial charge in [0.1, 0.15) is 0 Å². The third-order valence-corrected chi connectivity index (χ3v) is 2.21. The second kappa shape index (κ2) is 5.64. The Hall–Kier alpha value is -1.37. The summed E-state index contributed by atoms with van der Waals surface area (Å²) < 4.78 is 28.2. The van der Waals surface area contributed by atoms with Gasteiger partial charge in [-0.2, -0.15) is 8.78 Å². The maximum atomic E-state index is 12.0. The molecule has 2 N–H and O–H groups in total. The van der Waals surface area contributed by atoms with Crippen molar-refractivity contribution in [3.8, 4) is 0 Å². The predicted octanol–water partition coefficient (Wildman–Crippen LogP) is 2.56. The Kier molecular flexibility index (Phi) is 4.48. The number of alkyl halides is 3. The molecule has 7 heteroatoms. The minimum atomic E-state index is -3.02. The largest absolute Gasteiger partial charge is 0.419 e. The Morgan fingerprint density at radius 2 is 2.12 bits per heavy atom. The number of aromatic nitrogens is 1. The molecule has 1 aromatic heterocycles. The van der Waals surface area contributed by atoms with Crippen molar-refractivity contribution in [2.24, 2.45) is 0 Å². The van der Waals surface area contributed by atoms with E-state index in [1.165, 1.54) is 12.3 Å². The molecule has 1 aromatic rings. The minimum absolute atomic E-state index is 0.245. The summed E-state index contributed by atoms with van der Waals surface area (Å²) in [7, 11) is 0. The molecule has 0 saturated carbocycles. The fourth-order valence-electron chi connectivity index (χ4n) is 0.851. The number of hydrogen-bond donors (Lipinski definition) is 2. The molecule has 0 aliphatic heterocycles. The Morgan fingerprint density at radius 3 is 2.56 bits per heavy atom. The van der Waals surface area contributed by atoms with Crippen LogP contribution < -0.4 is 0 Å². The maximum Gasteiger partial charge on any atom is 0.312 e. The summed E-state index contributed by atoms with van der Waals surface area (Å²) in [6.45, 7) is 0. The zero-order valence-electron chi connectivity index (χ0n) is 8.01. The lowest BCUT2D eigenvalue weighted by molar-refractivity contribution is 0.197. The number of pyridine rings is 1. The molecule has 86 valence electrons. The van der Waals surface area contributed by atoms with Gasteiger partial charge >= 0.3 is 6.43 Å². The highest BCUT2D eigenvalue weighted by Gasteiger charge is 2.15. The summed E-state index contributed by atoms with van der Waals surface area (Å²) in [5.41, 5.74) is 0.996. The van der Waals surface area contributed by atoms with E-state index < -0.39 is 18.2 Å². The quantitative estimate of drug-likeness (QED) is 0.510. The van der Waals surface area contributed by atoms with Gasteiger partial charge in [-0.15, -0.1) is 0 Å². The average Bonchev–Trinajstić information content (AvgIpc) is 2.28. The predicted molar refractivity (Wildman–Crippen MR) is 58.5 cm³/mol. The van der Waals surface area contributed by atoms with Gasteiger partial charge in [-0.25, -0.2) is 0 Å². The minimum Gasteiger partial charge on any atom is -0.419 e. The van der Waals surface area contributed by atoms with Gasteiger partial charge in [0.15, 0.2) is 0 Å². The molecule has 0 radical (unpaired) electrons. The van der Waals surface area contributed by atoms with Crippen molar-refractivity contribution in [1.29, 1.82) is 10.8 Å². The zero-order valence-corrected chi connectivity index (χ0v) is 9.59. The van der Waals surface area contributed by atoms with Gasteiger partial charge in [0.25, 0.3) is 5.90 Å². The third kappa shape index (κ3) is 3.34. The van der Waals surface area contributed by atoms with E-state index in [4.69, 9.17) is 10.8 Å². The second-order valence-electron chi connectivity index (χ2n) is 2.77. The zero-order chi connectivity index (χ0) is 12.1. The molecule has 0 spiro atoms. The van der Waals surface area contributed by atoms with E-state index in [0.717, 1.165) is 5.69 Å². The highest BCUT2D eigenvalue weighted by molar-refractivity contribution is 9.08. The molecule has 0 amide bonds. The molecule has 0 saturated heterocycles. The molecule has 0 aromatic carbocycles. The van der Waals surface area contributed by atoms with E-state index in [1.807, 2.05) is 0 Å². The Morgan fingerprint density at radius 1 is 1.44 bits per heavy atom. The topological polar surface area (TPSA) is 69.8 Å². The first-order valence-corrected chi connectivity index (χ1v) is 5.31. The summed E-state index contributed by atoms with van der Waals surface area (Å²) in [4.78, 5) is 3.94. The van der Waals surface area contributed by atoms with E-state index in [0.29, 0.717) is 5.33 Å². The molecule has 0 fully saturated rings. The van der Waals surface area contributed by atoms with Crippen LogP contribution in [-0.4, -0.2) is 23.2 Å². The van der Waals surface area contributed by atoms with Crippen LogP contribution in [0.4, 0.5) is 8.78 Å². The number of nitrogens with one attached hydrogen (secondary N) is 2. The van der Waals surface area contributed by atoms with Crippen molar-refractivity contribution in [1.82, 2.24) is 4.98 Å². The summed E-state index contributed by atoms with van der Waals surface area (Å²) >= 11 is 3.20. The molecule has 0 atom stereocenters. The summed E-state index contributed by atoms with van der Waals surface area (Å²) in [6, 6.07) is 3.15. The molecule has 16 heavy (non-hydrogen) atoms. The molecular weight excluding hydrogens is 284 g/mol. The molecule has 0 aliphatic carbocycles. The summed E-state index contributed by atoms with van der Waals surface area (Å²) in [5, 5.41) is 14.7.